The van der Waals surface area contributed by atoms with Gasteiger partial charge in [0.25, 0.3) is 17.7 Å². The largest absolute Gasteiger partial charge is 0.494 e. The van der Waals surface area contributed by atoms with E-state index in [1.165, 1.54) is 18.3 Å². The van der Waals surface area contributed by atoms with Crippen LogP contribution in [-0.2, 0) is 26.2 Å². The minimum absolute atomic E-state index is 0.0185. The number of nitrogens with zero attached hydrogens (tertiary/aromatic N) is 7. The van der Waals surface area contributed by atoms with Crippen LogP contribution in [0.4, 0.5) is 34.5 Å². The summed E-state index contributed by atoms with van der Waals surface area (Å²) in [5, 5.41) is 9.04. The summed E-state index contributed by atoms with van der Waals surface area (Å²) in [6.45, 7) is 7.34. The van der Waals surface area contributed by atoms with Crippen molar-refractivity contribution < 1.29 is 37.7 Å². The number of rotatable bonds is 14. The van der Waals surface area contributed by atoms with Gasteiger partial charge in [0, 0.05) is 71.0 Å². The first kappa shape index (κ1) is 44.3. The number of methoxy groups -OCH3 is 1. The molecule has 5 heterocycles. The number of imide groups is 2. The smallest absolute Gasteiger partial charge is 0.266 e. The molecule has 0 saturated carbocycles. The zero-order chi connectivity index (χ0) is 45.1. The molecule has 0 radical (unpaired) electrons. The summed E-state index contributed by atoms with van der Waals surface area (Å²) < 4.78 is 24.8. The number of benzene rings is 3. The van der Waals surface area contributed by atoms with E-state index < -0.39 is 29.7 Å². The molecule has 3 aromatic carbocycles. The van der Waals surface area contributed by atoms with Crippen molar-refractivity contribution in [1.82, 2.24) is 30.0 Å². The molecule has 5 amide bonds. The molecular weight excluding hydrogens is 864 g/mol. The van der Waals surface area contributed by atoms with Crippen LogP contribution in [0.5, 0.6) is 11.5 Å². The van der Waals surface area contributed by atoms with Gasteiger partial charge in [0.15, 0.2) is 12.4 Å². The van der Waals surface area contributed by atoms with Crippen LogP contribution in [0.2, 0.25) is 5.02 Å². The lowest BCUT2D eigenvalue weighted by molar-refractivity contribution is -0.136. The van der Waals surface area contributed by atoms with Crippen molar-refractivity contribution in [2.24, 2.45) is 5.92 Å². The van der Waals surface area contributed by atoms with Crippen molar-refractivity contribution in [3.8, 4) is 11.5 Å². The molecule has 3 saturated heterocycles. The van der Waals surface area contributed by atoms with Gasteiger partial charge in [-0.2, -0.15) is 4.98 Å². The number of carbonyl (C=O) groups excluding carboxylic acids is 5. The monoisotopic (exact) mass is 912 g/mol. The summed E-state index contributed by atoms with van der Waals surface area (Å²) >= 11 is 6.33. The van der Waals surface area contributed by atoms with E-state index in [-0.39, 0.29) is 54.1 Å². The fourth-order valence-corrected chi connectivity index (χ4v) is 9.09. The van der Waals surface area contributed by atoms with E-state index in [4.69, 9.17) is 21.1 Å². The van der Waals surface area contributed by atoms with E-state index in [2.05, 4.69) is 42.6 Å². The predicted octanol–water partition coefficient (Wildman–Crippen LogP) is 4.07. The maximum absolute atomic E-state index is 13.4. The number of para-hydroxylation sites is 2. The number of nitrogens with one attached hydrogen (secondary N) is 3. The summed E-state index contributed by atoms with van der Waals surface area (Å²) in [5.41, 5.74) is 4.34. The number of likely N-dealkylation sites (tertiary alicyclic amines) is 1. The highest BCUT2D eigenvalue weighted by Gasteiger charge is 2.46. The minimum atomic E-state index is -1.09. The predicted molar refractivity (Wildman–Crippen MR) is 242 cm³/mol. The third kappa shape index (κ3) is 9.32. The lowest BCUT2D eigenvalue weighted by Crippen LogP contribution is -2.54. The number of piperazine rings is 1. The third-order valence-corrected chi connectivity index (χ3v) is 12.9. The van der Waals surface area contributed by atoms with Crippen molar-refractivity contribution in [1.29, 1.82) is 0 Å². The first-order valence-corrected chi connectivity index (χ1v) is 22.2. The molecule has 1 unspecified atom stereocenters. The Balaban J connectivity index is 0.811. The standard InChI is InChI=1S/C44H49ClN10O8S/c1-26-21-31(48-44-46-23-29(45)40(50-44)47-30-8-4-5-9-32(30)51(2)64-61)36(62-3)22-34(26)53-19-17-52(18-20-53)24-27-13-15-54(16-14-27)38(57)25-63-35-10-6-7-28-39(35)43(60)55(42(28)59)33-11-12-37(56)49-41(33)58/h4-10,21-23,27,33,64H,11-20,24-25H2,1-3H3,(H,49,56,58)(H2,46,47,48,50). The molecule has 4 aliphatic heterocycles. The zero-order valence-electron chi connectivity index (χ0n) is 35.6. The summed E-state index contributed by atoms with van der Waals surface area (Å²) in [6, 6.07) is 15.0. The summed E-state index contributed by atoms with van der Waals surface area (Å²) in [7, 11) is 3.34. The highest BCUT2D eigenvalue weighted by molar-refractivity contribution is 7.67. The molecule has 0 bridgehead atoms. The van der Waals surface area contributed by atoms with Crippen molar-refractivity contribution in [2.45, 2.75) is 38.6 Å². The van der Waals surface area contributed by atoms with Crippen LogP contribution in [0, 0.1) is 12.8 Å². The number of amides is 5. The zero-order valence-corrected chi connectivity index (χ0v) is 37.3. The quantitative estimate of drug-likeness (QED) is 0.104. The molecule has 4 aromatic rings. The van der Waals surface area contributed by atoms with Crippen molar-refractivity contribution in [3.63, 3.8) is 0 Å². The van der Waals surface area contributed by atoms with Gasteiger partial charge >= 0.3 is 0 Å². The Labute approximate surface area is 378 Å². The number of thiol groups is 1. The maximum atomic E-state index is 13.4. The molecule has 8 rings (SSSR count). The van der Waals surface area contributed by atoms with Crippen LogP contribution in [-0.4, -0.2) is 131 Å². The van der Waals surface area contributed by atoms with E-state index in [0.717, 1.165) is 61.7 Å². The molecule has 0 spiro atoms. The Kier molecular flexibility index (Phi) is 13.3. The van der Waals surface area contributed by atoms with Crippen LogP contribution >= 0.6 is 11.6 Å². The SMILES string of the molecule is COc1cc(N2CCN(CC3CCN(C(=O)COc4cccc5c4C(=O)N(C4CCC(=O)NC4=O)C5=O)CC3)CC2)c(C)cc1Nc1ncc(Cl)c(Nc2ccccc2N(C)[SH]=O)n1. The maximum Gasteiger partial charge on any atom is 0.266 e. The highest BCUT2D eigenvalue weighted by Crippen LogP contribution is 2.37. The molecule has 336 valence electrons. The fourth-order valence-electron chi connectivity index (χ4n) is 8.69. The Morgan fingerprint density at radius 1 is 0.938 bits per heavy atom. The van der Waals surface area contributed by atoms with Crippen LogP contribution in [0.25, 0.3) is 0 Å². The van der Waals surface area contributed by atoms with Crippen LogP contribution < -0.4 is 34.6 Å². The number of carbonyl (C=O) groups is 5. The molecule has 20 heteroatoms. The number of ether oxygens (including phenoxy) is 2. The van der Waals surface area contributed by atoms with E-state index >= 15 is 0 Å². The van der Waals surface area contributed by atoms with Gasteiger partial charge in [-0.05, 0) is 68.0 Å². The van der Waals surface area contributed by atoms with Gasteiger partial charge in [-0.1, -0.05) is 29.8 Å². The molecular formula is C44H49ClN10O8S. The number of aryl methyl sites for hydroxylation is 1. The average Bonchev–Trinajstić information content (AvgIpc) is 3.55. The van der Waals surface area contributed by atoms with Crippen molar-refractivity contribution >= 4 is 87.5 Å². The molecule has 1 aromatic heterocycles. The number of anilines is 6. The van der Waals surface area contributed by atoms with E-state index in [9.17, 15) is 28.2 Å². The fraction of sp³-hybridized carbons (Fsp3) is 0.386. The lowest BCUT2D eigenvalue weighted by Gasteiger charge is -2.40. The number of hydrogen-bond acceptors (Lipinski definition) is 14. The molecule has 3 N–H and O–H groups in total. The Hall–Kier alpha value is -6.31. The molecule has 4 aliphatic rings. The average molecular weight is 913 g/mol. The van der Waals surface area contributed by atoms with Gasteiger partial charge < -0.3 is 29.9 Å². The first-order chi connectivity index (χ1) is 30.9. The summed E-state index contributed by atoms with van der Waals surface area (Å²) in [5.74, 6) is -0.787. The third-order valence-electron chi connectivity index (χ3n) is 12.1. The normalized spacial score (nSPS) is 18.2. The number of halogens is 1. The second-order valence-electron chi connectivity index (χ2n) is 16.1. The Morgan fingerprint density at radius 3 is 2.44 bits per heavy atom. The number of fused-ring (bicyclic) bond motifs is 1. The van der Waals surface area contributed by atoms with Crippen LogP contribution in [0.3, 0.4) is 0 Å². The van der Waals surface area contributed by atoms with Crippen molar-refractivity contribution in [3.05, 3.63) is 82.5 Å². The summed E-state index contributed by atoms with van der Waals surface area (Å²) in [4.78, 5) is 80.6. The summed E-state index contributed by atoms with van der Waals surface area (Å²) in [6.07, 6.45) is 3.29. The first-order valence-electron chi connectivity index (χ1n) is 21.1. The minimum Gasteiger partial charge on any atom is -0.494 e. The van der Waals surface area contributed by atoms with Gasteiger partial charge in [-0.25, -0.2) is 9.19 Å². The number of hydrogen-bond donors (Lipinski definition) is 4. The van der Waals surface area contributed by atoms with Crippen LogP contribution in [0.1, 0.15) is 52.0 Å². The molecule has 1 atom stereocenters. The lowest BCUT2D eigenvalue weighted by atomic mass is 9.96. The Bertz CT molecular complexity index is 2500. The van der Waals surface area contributed by atoms with Gasteiger partial charge in [0.1, 0.15) is 34.4 Å². The molecule has 18 nitrogen and oxygen atoms in total. The number of piperidine rings is 2. The van der Waals surface area contributed by atoms with Gasteiger partial charge in [-0.3, -0.25) is 43.4 Å². The second-order valence-corrected chi connectivity index (χ2v) is 17.3. The number of aromatic nitrogens is 2. The second kappa shape index (κ2) is 19.2. The van der Waals surface area contributed by atoms with E-state index in [1.807, 2.05) is 36.4 Å². The molecule has 64 heavy (non-hydrogen) atoms. The topological polar surface area (TPSA) is 199 Å². The van der Waals surface area contributed by atoms with E-state index in [1.54, 1.807) is 29.4 Å². The van der Waals surface area contributed by atoms with Gasteiger partial charge in [-0.15, -0.1) is 0 Å². The van der Waals surface area contributed by atoms with E-state index in [0.29, 0.717) is 58.6 Å². The molecule has 0 aliphatic carbocycles. The highest BCUT2D eigenvalue weighted by atomic mass is 35.5. The van der Waals surface area contributed by atoms with Gasteiger partial charge in [0.05, 0.1) is 41.5 Å². The van der Waals surface area contributed by atoms with Crippen molar-refractivity contribution in [2.75, 3.05) is 86.4 Å². The Morgan fingerprint density at radius 2 is 1.70 bits per heavy atom. The van der Waals surface area contributed by atoms with Crippen LogP contribution in [0.15, 0.2) is 60.8 Å². The van der Waals surface area contributed by atoms with Gasteiger partial charge in [0.2, 0.25) is 17.8 Å². The molecule has 3 fully saturated rings.